The predicted octanol–water partition coefficient (Wildman–Crippen LogP) is 4.68. The molecule has 2 heterocycles. The van der Waals surface area contributed by atoms with Crippen LogP contribution in [0, 0.1) is 0 Å². The van der Waals surface area contributed by atoms with Crippen molar-refractivity contribution >= 4 is 5.57 Å². The highest BCUT2D eigenvalue weighted by Crippen LogP contribution is 2.32. The Balaban J connectivity index is 1.48. The summed E-state index contributed by atoms with van der Waals surface area (Å²) in [5, 5.41) is 0. The largest absolute Gasteiger partial charge is 0.302 e. The first kappa shape index (κ1) is 17.5. The van der Waals surface area contributed by atoms with Gasteiger partial charge in [-0.2, -0.15) is 0 Å². The molecule has 136 valence electrons. The SMILES string of the molecule is c1ccc(C(=C2CCN(CCN3CCCC3)CC2)c2ccccc2)cc1. The summed E-state index contributed by atoms with van der Waals surface area (Å²) in [6.45, 7) is 7.51. The van der Waals surface area contributed by atoms with Crippen molar-refractivity contribution in [2.75, 3.05) is 39.3 Å². The molecule has 0 N–H and O–H groups in total. The molecular weight excluding hydrogens is 316 g/mol. The minimum atomic E-state index is 1.19. The predicted molar refractivity (Wildman–Crippen MR) is 110 cm³/mol. The van der Waals surface area contributed by atoms with Gasteiger partial charge in [-0.15, -0.1) is 0 Å². The van der Waals surface area contributed by atoms with Gasteiger partial charge < -0.3 is 9.80 Å². The fraction of sp³-hybridized carbons (Fsp3) is 0.417. The van der Waals surface area contributed by atoms with Crippen LogP contribution in [0.1, 0.15) is 36.8 Å². The Kier molecular flexibility index (Phi) is 5.83. The first-order chi connectivity index (χ1) is 12.9. The Morgan fingerprint density at radius 2 is 1.08 bits per heavy atom. The van der Waals surface area contributed by atoms with Crippen molar-refractivity contribution in [3.63, 3.8) is 0 Å². The second-order valence-electron chi connectivity index (χ2n) is 7.60. The quantitative estimate of drug-likeness (QED) is 0.775. The van der Waals surface area contributed by atoms with Crippen molar-refractivity contribution in [3.05, 3.63) is 77.4 Å². The van der Waals surface area contributed by atoms with Crippen molar-refractivity contribution in [2.24, 2.45) is 0 Å². The molecule has 0 amide bonds. The summed E-state index contributed by atoms with van der Waals surface area (Å²) < 4.78 is 0. The van der Waals surface area contributed by atoms with Crippen molar-refractivity contribution in [1.82, 2.24) is 9.80 Å². The van der Waals surface area contributed by atoms with Gasteiger partial charge in [0, 0.05) is 26.2 Å². The van der Waals surface area contributed by atoms with Gasteiger partial charge in [0.25, 0.3) is 0 Å². The van der Waals surface area contributed by atoms with Crippen LogP contribution in [0.3, 0.4) is 0 Å². The topological polar surface area (TPSA) is 6.48 Å². The third-order valence-corrected chi connectivity index (χ3v) is 5.87. The van der Waals surface area contributed by atoms with E-state index in [9.17, 15) is 0 Å². The Bertz CT molecular complexity index is 663. The lowest BCUT2D eigenvalue weighted by molar-refractivity contribution is 0.214. The minimum Gasteiger partial charge on any atom is -0.302 e. The number of hydrogen-bond donors (Lipinski definition) is 0. The van der Waals surface area contributed by atoms with E-state index in [1.54, 1.807) is 5.57 Å². The third-order valence-electron chi connectivity index (χ3n) is 5.87. The molecule has 0 radical (unpaired) electrons. The Hall–Kier alpha value is -1.90. The van der Waals surface area contributed by atoms with Crippen molar-refractivity contribution in [2.45, 2.75) is 25.7 Å². The summed E-state index contributed by atoms with van der Waals surface area (Å²) in [7, 11) is 0. The maximum Gasteiger partial charge on any atom is 0.0110 e. The van der Waals surface area contributed by atoms with Gasteiger partial charge in [-0.3, -0.25) is 0 Å². The monoisotopic (exact) mass is 346 g/mol. The normalized spacial score (nSPS) is 19.0. The highest BCUT2D eigenvalue weighted by Gasteiger charge is 2.20. The number of hydrogen-bond acceptors (Lipinski definition) is 2. The lowest BCUT2D eigenvalue weighted by Gasteiger charge is -2.31. The van der Waals surface area contributed by atoms with E-state index in [-0.39, 0.29) is 0 Å². The molecule has 2 saturated heterocycles. The number of benzene rings is 2. The van der Waals surface area contributed by atoms with E-state index in [0.717, 1.165) is 0 Å². The summed E-state index contributed by atoms with van der Waals surface area (Å²) in [5.41, 5.74) is 5.81. The average Bonchev–Trinajstić information content (AvgIpc) is 3.23. The maximum absolute atomic E-state index is 2.66. The van der Waals surface area contributed by atoms with Crippen LogP contribution < -0.4 is 0 Å². The van der Waals surface area contributed by atoms with Crippen molar-refractivity contribution in [3.8, 4) is 0 Å². The number of rotatable bonds is 5. The number of nitrogens with zero attached hydrogens (tertiary/aromatic N) is 2. The molecule has 4 rings (SSSR count). The summed E-state index contributed by atoms with van der Waals surface area (Å²) in [5.74, 6) is 0. The summed E-state index contributed by atoms with van der Waals surface area (Å²) in [6, 6.07) is 21.9. The Morgan fingerprint density at radius 1 is 0.615 bits per heavy atom. The van der Waals surface area contributed by atoms with Crippen molar-refractivity contribution in [1.29, 1.82) is 0 Å². The highest BCUT2D eigenvalue weighted by molar-refractivity contribution is 5.82. The average molecular weight is 347 g/mol. The molecule has 2 aliphatic heterocycles. The second-order valence-corrected chi connectivity index (χ2v) is 7.60. The van der Waals surface area contributed by atoms with Gasteiger partial charge >= 0.3 is 0 Å². The third kappa shape index (κ3) is 4.25. The van der Waals surface area contributed by atoms with E-state index >= 15 is 0 Å². The molecule has 2 fully saturated rings. The smallest absolute Gasteiger partial charge is 0.0110 e. The molecule has 2 aromatic carbocycles. The van der Waals surface area contributed by atoms with Gasteiger partial charge in [0.05, 0.1) is 0 Å². The second kappa shape index (κ2) is 8.66. The molecule has 0 spiro atoms. The van der Waals surface area contributed by atoms with Crippen LogP contribution in [-0.4, -0.2) is 49.1 Å². The molecule has 2 aromatic rings. The van der Waals surface area contributed by atoms with Crippen LogP contribution in [-0.2, 0) is 0 Å². The van der Waals surface area contributed by atoms with Crippen LogP contribution in [0.5, 0.6) is 0 Å². The zero-order chi connectivity index (χ0) is 17.6. The molecule has 2 heteroatoms. The standard InChI is InChI=1S/C24H30N2/c1-3-9-21(10-4-1)24(22-11-5-2-6-12-22)23-13-17-26(18-14-23)20-19-25-15-7-8-16-25/h1-6,9-12H,7-8,13-20H2. The Morgan fingerprint density at radius 3 is 1.58 bits per heavy atom. The van der Waals surface area contributed by atoms with Crippen LogP contribution >= 0.6 is 0 Å². The van der Waals surface area contributed by atoms with Crippen LogP contribution in [0.15, 0.2) is 66.2 Å². The lowest BCUT2D eigenvalue weighted by Crippen LogP contribution is -2.37. The fourth-order valence-corrected chi connectivity index (χ4v) is 4.37. The minimum absolute atomic E-state index is 1.19. The molecule has 0 atom stereocenters. The first-order valence-corrected chi connectivity index (χ1v) is 10.2. The number of likely N-dealkylation sites (tertiary alicyclic amines) is 2. The highest BCUT2D eigenvalue weighted by atomic mass is 15.2. The number of piperidine rings is 1. The summed E-state index contributed by atoms with van der Waals surface area (Å²) in [6.07, 6.45) is 5.17. The first-order valence-electron chi connectivity index (χ1n) is 10.2. The summed E-state index contributed by atoms with van der Waals surface area (Å²) in [4.78, 5) is 5.29. The molecular formula is C24H30N2. The maximum atomic E-state index is 2.66. The molecule has 0 aliphatic carbocycles. The Labute approximate surface area is 158 Å². The molecule has 2 aliphatic rings. The molecule has 26 heavy (non-hydrogen) atoms. The molecule has 0 aromatic heterocycles. The zero-order valence-corrected chi connectivity index (χ0v) is 15.7. The lowest BCUT2D eigenvalue weighted by atomic mass is 9.88. The summed E-state index contributed by atoms with van der Waals surface area (Å²) >= 11 is 0. The van der Waals surface area contributed by atoms with E-state index in [1.165, 1.54) is 81.7 Å². The molecule has 0 unspecified atom stereocenters. The fourth-order valence-electron chi connectivity index (χ4n) is 4.37. The zero-order valence-electron chi connectivity index (χ0n) is 15.7. The molecule has 0 bridgehead atoms. The van der Waals surface area contributed by atoms with Gasteiger partial charge in [0.2, 0.25) is 0 Å². The van der Waals surface area contributed by atoms with E-state index in [0.29, 0.717) is 0 Å². The van der Waals surface area contributed by atoms with Gasteiger partial charge in [-0.05, 0) is 55.5 Å². The molecule has 0 saturated carbocycles. The van der Waals surface area contributed by atoms with Crippen LogP contribution in [0.25, 0.3) is 5.57 Å². The van der Waals surface area contributed by atoms with Crippen LogP contribution in [0.4, 0.5) is 0 Å². The van der Waals surface area contributed by atoms with E-state index in [1.807, 2.05) is 0 Å². The van der Waals surface area contributed by atoms with E-state index in [4.69, 9.17) is 0 Å². The van der Waals surface area contributed by atoms with Gasteiger partial charge in [-0.1, -0.05) is 66.2 Å². The van der Waals surface area contributed by atoms with Gasteiger partial charge in [0.15, 0.2) is 0 Å². The van der Waals surface area contributed by atoms with Gasteiger partial charge in [-0.25, -0.2) is 0 Å². The molecule has 2 nitrogen and oxygen atoms in total. The van der Waals surface area contributed by atoms with E-state index in [2.05, 4.69) is 70.5 Å². The van der Waals surface area contributed by atoms with E-state index < -0.39 is 0 Å². The van der Waals surface area contributed by atoms with Crippen LogP contribution in [0.2, 0.25) is 0 Å². The van der Waals surface area contributed by atoms with Gasteiger partial charge in [0.1, 0.15) is 0 Å². The van der Waals surface area contributed by atoms with Crippen molar-refractivity contribution < 1.29 is 0 Å².